The number of benzene rings is 1. The number of carbonyl (C=O) groups is 1. The van der Waals surface area contributed by atoms with Crippen LogP contribution in [-0.4, -0.2) is 24.8 Å². The lowest BCUT2D eigenvalue weighted by molar-refractivity contribution is 0.249. The van der Waals surface area contributed by atoms with Crippen molar-refractivity contribution < 1.29 is 14.3 Å². The molecule has 0 aliphatic heterocycles. The van der Waals surface area contributed by atoms with Crippen molar-refractivity contribution in [1.82, 2.24) is 9.88 Å². The molecule has 31 heavy (non-hydrogen) atoms. The Bertz CT molecular complexity index is 1080. The van der Waals surface area contributed by atoms with Crippen LogP contribution in [0.3, 0.4) is 0 Å². The molecule has 2 amide bonds. The van der Waals surface area contributed by atoms with Gasteiger partial charge in [0.1, 0.15) is 16.5 Å². The highest BCUT2D eigenvalue weighted by molar-refractivity contribution is 7.15. The highest BCUT2D eigenvalue weighted by atomic mass is 35.5. The number of ether oxygens (including phenoxy) is 2. The number of nitrogens with one attached hydrogen (secondary N) is 2. The third-order valence-electron chi connectivity index (χ3n) is 5.53. The molecular weight excluding hydrogens is 434 g/mol. The Kier molecular flexibility index (Phi) is 6.43. The molecule has 1 aromatic carbocycles. The highest BCUT2D eigenvalue weighted by Crippen LogP contribution is 2.40. The second-order valence-corrected chi connectivity index (χ2v) is 9.02. The van der Waals surface area contributed by atoms with Crippen molar-refractivity contribution >= 4 is 34.7 Å². The predicted molar refractivity (Wildman–Crippen MR) is 125 cm³/mol. The van der Waals surface area contributed by atoms with E-state index in [-0.39, 0.29) is 12.1 Å². The number of aryl methyl sites for hydroxylation is 1. The van der Waals surface area contributed by atoms with E-state index >= 15 is 0 Å². The van der Waals surface area contributed by atoms with Gasteiger partial charge in [0.2, 0.25) is 0 Å². The zero-order chi connectivity index (χ0) is 22.0. The fourth-order valence-corrected chi connectivity index (χ4v) is 5.76. The summed E-state index contributed by atoms with van der Waals surface area (Å²) in [5.74, 6) is 0.962. The van der Waals surface area contributed by atoms with E-state index < -0.39 is 0 Å². The molecule has 1 aliphatic carbocycles. The van der Waals surface area contributed by atoms with E-state index in [1.165, 1.54) is 48.1 Å². The minimum absolute atomic E-state index is 0.157. The molecule has 2 N–H and O–H groups in total. The molecule has 8 heteroatoms. The normalized spacial score (nSPS) is 13.9. The molecule has 1 atom stereocenters. The van der Waals surface area contributed by atoms with Crippen LogP contribution in [0, 0.1) is 0 Å². The molecule has 0 fully saturated rings. The van der Waals surface area contributed by atoms with Crippen LogP contribution in [0.2, 0.25) is 5.02 Å². The van der Waals surface area contributed by atoms with Gasteiger partial charge >= 0.3 is 6.03 Å². The molecule has 1 aliphatic rings. The summed E-state index contributed by atoms with van der Waals surface area (Å²) < 4.78 is 12.7. The molecule has 2 aromatic heterocycles. The lowest BCUT2D eigenvalue weighted by Crippen LogP contribution is -2.32. The molecule has 164 valence electrons. The van der Waals surface area contributed by atoms with Crippen LogP contribution in [0.25, 0.3) is 5.00 Å². The van der Waals surface area contributed by atoms with Crippen LogP contribution in [-0.2, 0) is 12.8 Å². The van der Waals surface area contributed by atoms with Gasteiger partial charge in [0.15, 0.2) is 0 Å². The average molecular weight is 460 g/mol. The van der Waals surface area contributed by atoms with Gasteiger partial charge in [-0.3, -0.25) is 0 Å². The standard InChI is InChI=1S/C23H26ClN3O3S/c1-14(25-23(28)26-17-12-16(24)18(29-2)13-19(17)30-3)21-15-8-4-5-9-20(15)31-22(21)27-10-6-7-11-27/h6-7,10-14H,4-5,8-9H2,1-3H3,(H2,25,26,28)/t14-/m0/s1. The van der Waals surface area contributed by atoms with Crippen LogP contribution in [0.1, 0.15) is 41.8 Å². The first-order chi connectivity index (χ1) is 15.0. The molecule has 6 nitrogen and oxygen atoms in total. The van der Waals surface area contributed by atoms with Gasteiger partial charge in [-0.25, -0.2) is 4.79 Å². The van der Waals surface area contributed by atoms with Crippen molar-refractivity contribution in [2.45, 2.75) is 38.6 Å². The maximum atomic E-state index is 12.9. The Labute approximate surface area is 191 Å². The number of thiophene rings is 1. The molecule has 4 rings (SSSR count). The summed E-state index contributed by atoms with van der Waals surface area (Å²) in [4.78, 5) is 14.3. The van der Waals surface area contributed by atoms with Gasteiger partial charge in [-0.05, 0) is 56.4 Å². The Balaban J connectivity index is 1.58. The first-order valence-electron chi connectivity index (χ1n) is 10.3. The summed E-state index contributed by atoms with van der Waals surface area (Å²) in [7, 11) is 3.07. The third kappa shape index (κ3) is 4.38. The number of urea groups is 1. The SMILES string of the molecule is COc1cc(OC)c(NC(=O)N[C@@H](C)c2c(-n3cccc3)sc3c2CCCC3)cc1Cl. The molecule has 0 bridgehead atoms. The Morgan fingerprint density at radius 1 is 1.13 bits per heavy atom. The number of aromatic nitrogens is 1. The predicted octanol–water partition coefficient (Wildman–Crippen LogP) is 5.97. The van der Waals surface area contributed by atoms with E-state index in [0.29, 0.717) is 22.2 Å². The van der Waals surface area contributed by atoms with Crippen LogP contribution >= 0.6 is 22.9 Å². The number of hydrogen-bond donors (Lipinski definition) is 2. The van der Waals surface area contributed by atoms with Crippen molar-refractivity contribution in [1.29, 1.82) is 0 Å². The molecule has 3 aromatic rings. The topological polar surface area (TPSA) is 64.5 Å². The number of rotatable bonds is 6. The number of methoxy groups -OCH3 is 2. The van der Waals surface area contributed by atoms with Crippen molar-refractivity contribution in [3.05, 3.63) is 57.7 Å². The quantitative estimate of drug-likeness (QED) is 0.477. The zero-order valence-corrected chi connectivity index (χ0v) is 19.4. The molecule has 0 radical (unpaired) electrons. The summed E-state index contributed by atoms with van der Waals surface area (Å²) in [5.41, 5.74) is 3.07. The summed E-state index contributed by atoms with van der Waals surface area (Å²) in [6.07, 6.45) is 8.67. The molecule has 0 saturated carbocycles. The lowest BCUT2D eigenvalue weighted by atomic mass is 9.93. The molecule has 0 saturated heterocycles. The van der Waals surface area contributed by atoms with E-state index in [9.17, 15) is 4.79 Å². The van der Waals surface area contributed by atoms with E-state index in [1.54, 1.807) is 12.1 Å². The van der Waals surface area contributed by atoms with Gasteiger partial charge in [0.05, 0.1) is 31.0 Å². The number of nitrogens with zero attached hydrogens (tertiary/aromatic N) is 1. The minimum Gasteiger partial charge on any atom is -0.495 e. The van der Waals surface area contributed by atoms with Gasteiger partial charge in [-0.2, -0.15) is 0 Å². The molecule has 0 spiro atoms. The van der Waals surface area contributed by atoms with Crippen LogP contribution in [0.4, 0.5) is 10.5 Å². The monoisotopic (exact) mass is 459 g/mol. The van der Waals surface area contributed by atoms with Crippen LogP contribution in [0.5, 0.6) is 11.5 Å². The van der Waals surface area contributed by atoms with Crippen molar-refractivity contribution in [3.63, 3.8) is 0 Å². The number of fused-ring (bicyclic) bond motifs is 1. The first kappa shape index (κ1) is 21.6. The molecular formula is C23H26ClN3O3S. The van der Waals surface area contributed by atoms with Gasteiger partial charge < -0.3 is 24.7 Å². The highest BCUT2D eigenvalue weighted by Gasteiger charge is 2.26. The maximum Gasteiger partial charge on any atom is 0.319 e. The second kappa shape index (κ2) is 9.24. The molecule has 2 heterocycles. The fraction of sp³-hybridized carbons (Fsp3) is 0.348. The molecule has 0 unspecified atom stereocenters. The van der Waals surface area contributed by atoms with Gasteiger partial charge in [0.25, 0.3) is 0 Å². The summed E-state index contributed by atoms with van der Waals surface area (Å²) in [5, 5.41) is 7.53. The summed E-state index contributed by atoms with van der Waals surface area (Å²) >= 11 is 8.06. The van der Waals surface area contributed by atoms with Crippen molar-refractivity contribution in [2.75, 3.05) is 19.5 Å². The minimum atomic E-state index is -0.318. The average Bonchev–Trinajstić information content (AvgIpc) is 3.41. The summed E-state index contributed by atoms with van der Waals surface area (Å²) in [6.45, 7) is 2.03. The van der Waals surface area contributed by atoms with Gasteiger partial charge in [-0.15, -0.1) is 11.3 Å². The van der Waals surface area contributed by atoms with E-state index in [0.717, 1.165) is 12.8 Å². The Morgan fingerprint density at radius 2 is 1.84 bits per heavy atom. The van der Waals surface area contributed by atoms with E-state index in [4.69, 9.17) is 21.1 Å². The first-order valence-corrected chi connectivity index (χ1v) is 11.5. The van der Waals surface area contributed by atoms with Crippen LogP contribution in [0.15, 0.2) is 36.7 Å². The fourth-order valence-electron chi connectivity index (χ4n) is 4.07. The maximum absolute atomic E-state index is 12.9. The van der Waals surface area contributed by atoms with Crippen LogP contribution < -0.4 is 20.1 Å². The van der Waals surface area contributed by atoms with Crippen molar-refractivity contribution in [3.8, 4) is 16.5 Å². The number of carbonyl (C=O) groups excluding carboxylic acids is 1. The summed E-state index contributed by atoms with van der Waals surface area (Å²) in [6, 6.07) is 6.85. The van der Waals surface area contributed by atoms with Gasteiger partial charge in [0, 0.05) is 28.9 Å². The lowest BCUT2D eigenvalue weighted by Gasteiger charge is -2.20. The zero-order valence-electron chi connectivity index (χ0n) is 17.8. The van der Waals surface area contributed by atoms with E-state index in [1.807, 2.05) is 30.4 Å². The smallest absolute Gasteiger partial charge is 0.319 e. The number of halogens is 1. The van der Waals surface area contributed by atoms with Gasteiger partial charge in [-0.1, -0.05) is 11.6 Å². The largest absolute Gasteiger partial charge is 0.495 e. The number of hydrogen-bond acceptors (Lipinski definition) is 4. The van der Waals surface area contributed by atoms with Crippen molar-refractivity contribution in [2.24, 2.45) is 0 Å². The second-order valence-electron chi connectivity index (χ2n) is 7.53. The Hall–Kier alpha value is -2.64. The number of anilines is 1. The number of amides is 2. The Morgan fingerprint density at radius 3 is 2.55 bits per heavy atom. The van der Waals surface area contributed by atoms with E-state index in [2.05, 4.69) is 27.6 Å². The third-order valence-corrected chi connectivity index (χ3v) is 7.15.